The maximum atomic E-state index is 10.2. The quantitative estimate of drug-likeness (QED) is 0.346. The molecule has 43 valence electrons. The van der Waals surface area contributed by atoms with Crippen LogP contribution >= 0.6 is 0 Å². The first-order valence-electron chi connectivity index (χ1n) is 2.46. The molecule has 0 aliphatic carbocycles. The molecule has 3 nitrogen and oxygen atoms in total. The Kier molecular flexibility index (Phi) is 1.39. The van der Waals surface area contributed by atoms with E-state index < -0.39 is 5.78 Å². The van der Waals surface area contributed by atoms with E-state index in [0.717, 1.165) is 13.1 Å². The second-order valence-electron chi connectivity index (χ2n) is 1.80. The van der Waals surface area contributed by atoms with Crippen LogP contribution in [0.25, 0.3) is 0 Å². The molecule has 0 saturated carbocycles. The summed E-state index contributed by atoms with van der Waals surface area (Å²) in [5, 5.41) is 0. The Bertz CT molecular complexity index is 118. The van der Waals surface area contributed by atoms with Gasteiger partial charge >= 0.3 is 0 Å². The van der Waals surface area contributed by atoms with Gasteiger partial charge in [-0.05, 0) is 0 Å². The molecule has 0 atom stereocenters. The lowest BCUT2D eigenvalue weighted by Gasteiger charge is -1.87. The maximum Gasteiger partial charge on any atom is 0.273 e. The highest BCUT2D eigenvalue weighted by Crippen LogP contribution is 2.00. The van der Waals surface area contributed by atoms with Gasteiger partial charge < -0.3 is 0 Å². The van der Waals surface area contributed by atoms with Crippen molar-refractivity contribution in [3.05, 3.63) is 0 Å². The fraction of sp³-hybridized carbons (Fsp3) is 0.600. The summed E-state index contributed by atoms with van der Waals surface area (Å²) in [5.74, 6) is -0.442. The largest absolute Gasteiger partial charge is 0.293 e. The van der Waals surface area contributed by atoms with Crippen LogP contribution < -0.4 is 0 Å². The minimum absolute atomic E-state index is 0.267. The third-order valence-electron chi connectivity index (χ3n) is 1.02. The van der Waals surface area contributed by atoms with Crippen molar-refractivity contribution in [2.24, 2.45) is 0 Å². The van der Waals surface area contributed by atoms with E-state index in [4.69, 9.17) is 0 Å². The van der Waals surface area contributed by atoms with Crippen LogP contribution in [0.4, 0.5) is 0 Å². The summed E-state index contributed by atoms with van der Waals surface area (Å²) in [5.41, 5.74) is 0. The molecule has 1 saturated heterocycles. The van der Waals surface area contributed by atoms with Crippen molar-refractivity contribution in [3.8, 4) is 0 Å². The Labute approximate surface area is 47.3 Å². The van der Waals surface area contributed by atoms with Crippen molar-refractivity contribution in [3.63, 3.8) is 0 Å². The lowest BCUT2D eigenvalue weighted by atomic mass is 10.4. The van der Waals surface area contributed by atoms with Crippen LogP contribution in [0.1, 0.15) is 0 Å². The highest BCUT2D eigenvalue weighted by Gasteiger charge is 2.19. The number of rotatable bonds is 3. The van der Waals surface area contributed by atoms with Gasteiger partial charge in [-0.15, -0.1) is 0 Å². The van der Waals surface area contributed by atoms with Crippen molar-refractivity contribution in [1.29, 1.82) is 0 Å². The molecule has 1 fully saturated rings. The van der Waals surface area contributed by atoms with Gasteiger partial charge in [-0.25, -0.2) is 0 Å². The van der Waals surface area contributed by atoms with Gasteiger partial charge in [0.2, 0.25) is 5.78 Å². The number of carbonyl (C=O) groups is 1. The first kappa shape index (κ1) is 5.44. The van der Waals surface area contributed by atoms with E-state index in [1.165, 1.54) is 6.29 Å². The zero-order valence-electron chi connectivity index (χ0n) is 4.39. The Balaban J connectivity index is 2.16. The van der Waals surface area contributed by atoms with Crippen molar-refractivity contribution < 1.29 is 9.59 Å². The molecule has 0 aromatic carbocycles. The molecule has 0 aromatic heterocycles. The molecule has 0 unspecified atom stereocenters. The Hall–Kier alpha value is -0.700. The molecule has 0 N–H and O–H groups in total. The van der Waals surface area contributed by atoms with Crippen LogP contribution in [0.5, 0.6) is 0 Å². The van der Waals surface area contributed by atoms with Crippen molar-refractivity contribution in [2.75, 3.05) is 19.6 Å². The predicted molar refractivity (Wildman–Crippen MR) is 27.1 cm³/mol. The van der Waals surface area contributed by atoms with Gasteiger partial charge in [0.25, 0.3) is 6.29 Å². The van der Waals surface area contributed by atoms with E-state index >= 15 is 0 Å². The number of Topliss-reactive ketones (excluding diaryl/α,β-unsaturated/α-hetero) is 1. The summed E-state index contributed by atoms with van der Waals surface area (Å²) in [6.45, 7) is 2.17. The summed E-state index contributed by atoms with van der Waals surface area (Å²) in [6, 6.07) is 0. The zero-order chi connectivity index (χ0) is 5.98. The molecule has 1 heterocycles. The van der Waals surface area contributed by atoms with Crippen LogP contribution in [-0.2, 0) is 9.59 Å². The van der Waals surface area contributed by atoms with Crippen LogP contribution in [-0.4, -0.2) is 36.6 Å². The van der Waals surface area contributed by atoms with Crippen molar-refractivity contribution >= 4 is 12.1 Å². The molecular formula is C5H6NO2. The molecule has 0 bridgehead atoms. The lowest BCUT2D eigenvalue weighted by molar-refractivity contribution is -0.113. The summed E-state index contributed by atoms with van der Waals surface area (Å²) < 4.78 is 0. The topological polar surface area (TPSA) is 37.1 Å². The number of ketones is 1. The number of hydrogen-bond acceptors (Lipinski definition) is 3. The molecular weight excluding hydrogens is 106 g/mol. The summed E-state index contributed by atoms with van der Waals surface area (Å²) in [6.07, 6.45) is 1.31. The molecule has 3 heteroatoms. The van der Waals surface area contributed by atoms with Gasteiger partial charge in [-0.3, -0.25) is 14.5 Å². The molecule has 0 aromatic rings. The highest BCUT2D eigenvalue weighted by atomic mass is 16.2. The van der Waals surface area contributed by atoms with E-state index in [-0.39, 0.29) is 6.54 Å². The fourth-order valence-electron chi connectivity index (χ4n) is 0.464. The molecule has 1 rings (SSSR count). The second-order valence-corrected chi connectivity index (χ2v) is 1.80. The van der Waals surface area contributed by atoms with Gasteiger partial charge in [0.1, 0.15) is 0 Å². The number of carbonyl (C=O) groups excluding carboxylic acids is 2. The van der Waals surface area contributed by atoms with Gasteiger partial charge in [-0.2, -0.15) is 0 Å². The maximum absolute atomic E-state index is 10.2. The van der Waals surface area contributed by atoms with E-state index in [0.29, 0.717) is 0 Å². The van der Waals surface area contributed by atoms with Crippen molar-refractivity contribution in [2.45, 2.75) is 0 Å². The van der Waals surface area contributed by atoms with Gasteiger partial charge in [0, 0.05) is 13.1 Å². The van der Waals surface area contributed by atoms with Gasteiger partial charge in [0.05, 0.1) is 6.54 Å². The average molecular weight is 112 g/mol. The van der Waals surface area contributed by atoms with Crippen LogP contribution in [0.15, 0.2) is 0 Å². The highest BCUT2D eigenvalue weighted by molar-refractivity contribution is 6.26. The fourth-order valence-corrected chi connectivity index (χ4v) is 0.464. The minimum Gasteiger partial charge on any atom is -0.293 e. The molecule has 1 radical (unpaired) electrons. The number of nitrogens with zero attached hydrogens (tertiary/aromatic N) is 1. The first-order valence-corrected chi connectivity index (χ1v) is 2.46. The second kappa shape index (κ2) is 2.05. The third-order valence-corrected chi connectivity index (χ3v) is 1.02. The summed E-state index contributed by atoms with van der Waals surface area (Å²) in [4.78, 5) is 21.6. The Morgan fingerprint density at radius 2 is 2.25 bits per heavy atom. The minimum atomic E-state index is -0.442. The monoisotopic (exact) mass is 112 g/mol. The normalized spacial score (nSPS) is 18.0. The molecule has 1 aliphatic heterocycles. The van der Waals surface area contributed by atoms with Gasteiger partial charge in [0.15, 0.2) is 0 Å². The Morgan fingerprint density at radius 1 is 1.62 bits per heavy atom. The van der Waals surface area contributed by atoms with E-state index in [1.807, 2.05) is 4.90 Å². The van der Waals surface area contributed by atoms with Crippen LogP contribution in [0, 0.1) is 0 Å². The zero-order valence-corrected chi connectivity index (χ0v) is 4.39. The average Bonchev–Trinajstić information content (AvgIpc) is 2.50. The van der Waals surface area contributed by atoms with E-state index in [1.54, 1.807) is 0 Å². The van der Waals surface area contributed by atoms with Crippen LogP contribution in [0.3, 0.4) is 0 Å². The van der Waals surface area contributed by atoms with Crippen molar-refractivity contribution in [1.82, 2.24) is 4.90 Å². The molecule has 0 amide bonds. The molecule has 8 heavy (non-hydrogen) atoms. The standard InChI is InChI=1S/C5H6NO2/c7-4-5(8)3-6-1-2-6/h1-3H2. The molecule has 0 spiro atoms. The smallest absolute Gasteiger partial charge is 0.273 e. The van der Waals surface area contributed by atoms with Gasteiger partial charge in [-0.1, -0.05) is 0 Å². The first-order chi connectivity index (χ1) is 3.83. The number of hydrogen-bond donors (Lipinski definition) is 0. The van der Waals surface area contributed by atoms with Crippen LogP contribution in [0.2, 0.25) is 0 Å². The Morgan fingerprint density at radius 3 is 2.62 bits per heavy atom. The van der Waals surface area contributed by atoms with E-state index in [2.05, 4.69) is 0 Å². The predicted octanol–water partition coefficient (Wildman–Crippen LogP) is -1.02. The summed E-state index contributed by atoms with van der Waals surface area (Å²) >= 11 is 0. The lowest BCUT2D eigenvalue weighted by Crippen LogP contribution is -2.13. The SMILES string of the molecule is O=[C]C(=O)CN1CC1. The van der Waals surface area contributed by atoms with E-state index in [9.17, 15) is 9.59 Å². The summed E-state index contributed by atoms with van der Waals surface area (Å²) in [7, 11) is 0. The third kappa shape index (κ3) is 1.42. The molecule has 1 aliphatic rings.